The molecule has 21 heavy (non-hydrogen) atoms. The summed E-state index contributed by atoms with van der Waals surface area (Å²) in [6.45, 7) is 1.80. The summed E-state index contributed by atoms with van der Waals surface area (Å²) in [7, 11) is 1.94. The lowest BCUT2D eigenvalue weighted by Gasteiger charge is -2.06. The van der Waals surface area contributed by atoms with Gasteiger partial charge in [0.05, 0.1) is 11.4 Å². The molecule has 0 unspecified atom stereocenters. The van der Waals surface area contributed by atoms with E-state index in [1.54, 1.807) is 6.20 Å². The van der Waals surface area contributed by atoms with Crippen molar-refractivity contribution in [1.82, 2.24) is 24.9 Å². The van der Waals surface area contributed by atoms with E-state index in [0.29, 0.717) is 0 Å². The third-order valence-corrected chi connectivity index (χ3v) is 3.36. The first-order valence-electron chi connectivity index (χ1n) is 7.09. The molecule has 3 rings (SSSR count). The van der Waals surface area contributed by atoms with Gasteiger partial charge in [-0.3, -0.25) is 4.68 Å². The van der Waals surface area contributed by atoms with Crippen molar-refractivity contribution in [3.63, 3.8) is 0 Å². The fraction of sp³-hybridized carbons (Fsp3) is 0.250. The molecule has 1 N–H and O–H groups in total. The summed E-state index contributed by atoms with van der Waals surface area (Å²) in [5.74, 6) is 0. The zero-order chi connectivity index (χ0) is 14.5. The molecule has 5 heteroatoms. The fourth-order valence-electron chi connectivity index (χ4n) is 2.23. The molecule has 0 amide bonds. The molecule has 0 aliphatic carbocycles. The van der Waals surface area contributed by atoms with Crippen LogP contribution in [0.25, 0.3) is 5.69 Å². The first-order valence-corrected chi connectivity index (χ1v) is 7.09. The summed E-state index contributed by atoms with van der Waals surface area (Å²) in [6.07, 6.45) is 6.66. The number of rotatable bonds is 6. The Labute approximate surface area is 124 Å². The van der Waals surface area contributed by atoms with Crippen molar-refractivity contribution < 1.29 is 0 Å². The normalized spacial score (nSPS) is 10.9. The van der Waals surface area contributed by atoms with Crippen LogP contribution in [0.15, 0.2) is 55.0 Å². The van der Waals surface area contributed by atoms with E-state index in [1.807, 2.05) is 34.9 Å². The van der Waals surface area contributed by atoms with Crippen LogP contribution in [0.2, 0.25) is 0 Å². The molecule has 3 aromatic rings. The van der Waals surface area contributed by atoms with E-state index in [0.717, 1.165) is 30.9 Å². The zero-order valence-corrected chi connectivity index (χ0v) is 12.1. The van der Waals surface area contributed by atoms with Crippen molar-refractivity contribution in [2.24, 2.45) is 7.05 Å². The number of benzene rings is 1. The molecule has 5 nitrogen and oxygen atoms in total. The lowest BCUT2D eigenvalue weighted by Crippen LogP contribution is -2.17. The quantitative estimate of drug-likeness (QED) is 0.702. The van der Waals surface area contributed by atoms with Gasteiger partial charge < -0.3 is 5.32 Å². The molecular weight excluding hydrogens is 262 g/mol. The van der Waals surface area contributed by atoms with Gasteiger partial charge in [-0.05, 0) is 29.8 Å². The number of nitrogens with zero attached hydrogens (tertiary/aromatic N) is 4. The highest BCUT2D eigenvalue weighted by Gasteiger charge is 1.99. The van der Waals surface area contributed by atoms with Gasteiger partial charge in [0.2, 0.25) is 0 Å². The highest BCUT2D eigenvalue weighted by atomic mass is 15.3. The number of hydrogen-bond donors (Lipinski definition) is 1. The van der Waals surface area contributed by atoms with Crippen molar-refractivity contribution in [2.45, 2.75) is 13.0 Å². The van der Waals surface area contributed by atoms with Gasteiger partial charge in [-0.2, -0.15) is 10.2 Å². The van der Waals surface area contributed by atoms with Crippen LogP contribution in [0.4, 0.5) is 0 Å². The van der Waals surface area contributed by atoms with Gasteiger partial charge in [-0.25, -0.2) is 4.68 Å². The average molecular weight is 281 g/mol. The third kappa shape index (κ3) is 3.58. The van der Waals surface area contributed by atoms with Crippen molar-refractivity contribution >= 4 is 0 Å². The minimum absolute atomic E-state index is 0.867. The molecule has 2 heterocycles. The Hall–Kier alpha value is -2.40. The van der Waals surface area contributed by atoms with Gasteiger partial charge in [-0.1, -0.05) is 12.1 Å². The Morgan fingerprint density at radius 3 is 2.62 bits per heavy atom. The second-order valence-corrected chi connectivity index (χ2v) is 5.02. The number of nitrogens with one attached hydrogen (secondary N) is 1. The monoisotopic (exact) mass is 281 g/mol. The molecule has 0 saturated carbocycles. The molecule has 0 spiro atoms. The van der Waals surface area contributed by atoms with Crippen LogP contribution < -0.4 is 5.32 Å². The van der Waals surface area contributed by atoms with Crippen molar-refractivity contribution in [3.8, 4) is 5.69 Å². The smallest absolute Gasteiger partial charge is 0.0645 e. The molecule has 0 saturated heterocycles. The topological polar surface area (TPSA) is 47.7 Å². The highest BCUT2D eigenvalue weighted by molar-refractivity contribution is 5.33. The second-order valence-electron chi connectivity index (χ2n) is 5.02. The second kappa shape index (κ2) is 6.37. The maximum Gasteiger partial charge on any atom is 0.0645 e. The summed E-state index contributed by atoms with van der Waals surface area (Å²) >= 11 is 0. The van der Waals surface area contributed by atoms with Crippen LogP contribution in [0.3, 0.4) is 0 Å². The maximum atomic E-state index is 4.36. The van der Waals surface area contributed by atoms with E-state index < -0.39 is 0 Å². The van der Waals surface area contributed by atoms with E-state index in [1.165, 1.54) is 5.56 Å². The minimum Gasteiger partial charge on any atom is -0.312 e. The number of aryl methyl sites for hydroxylation is 1. The van der Waals surface area contributed by atoms with Crippen molar-refractivity contribution in [2.75, 3.05) is 6.54 Å². The Balaban J connectivity index is 1.47. The van der Waals surface area contributed by atoms with E-state index in [2.05, 4.69) is 45.8 Å². The van der Waals surface area contributed by atoms with Gasteiger partial charge in [0.25, 0.3) is 0 Å². The SMILES string of the molecule is Cn1ccc(CCNCc2ccc(-n3cccn3)cc2)n1. The van der Waals surface area contributed by atoms with Crippen molar-refractivity contribution in [3.05, 3.63) is 66.2 Å². The Bertz CT molecular complexity index is 667. The molecule has 1 aromatic carbocycles. The molecule has 2 aromatic heterocycles. The van der Waals surface area contributed by atoms with E-state index >= 15 is 0 Å². The summed E-state index contributed by atoms with van der Waals surface area (Å²) in [6, 6.07) is 12.4. The van der Waals surface area contributed by atoms with Gasteiger partial charge in [0, 0.05) is 45.1 Å². The number of aromatic nitrogens is 4. The summed E-state index contributed by atoms with van der Waals surface area (Å²) in [5.41, 5.74) is 3.48. The molecule has 0 bridgehead atoms. The molecule has 0 fully saturated rings. The molecule has 0 aliphatic heterocycles. The minimum atomic E-state index is 0.867. The van der Waals surface area contributed by atoms with Crippen LogP contribution in [-0.4, -0.2) is 26.1 Å². The fourth-order valence-corrected chi connectivity index (χ4v) is 2.23. The average Bonchev–Trinajstić information content (AvgIpc) is 3.16. The Morgan fingerprint density at radius 1 is 1.10 bits per heavy atom. The van der Waals surface area contributed by atoms with E-state index in [9.17, 15) is 0 Å². The molecule has 0 radical (unpaired) electrons. The van der Waals surface area contributed by atoms with Crippen LogP contribution >= 0.6 is 0 Å². The number of hydrogen-bond acceptors (Lipinski definition) is 3. The molecule has 108 valence electrons. The Morgan fingerprint density at radius 2 is 1.95 bits per heavy atom. The predicted octanol–water partition coefficient (Wildman–Crippen LogP) is 1.94. The van der Waals surface area contributed by atoms with Gasteiger partial charge in [0.1, 0.15) is 0 Å². The van der Waals surface area contributed by atoms with Crippen LogP contribution in [-0.2, 0) is 20.0 Å². The van der Waals surface area contributed by atoms with Crippen LogP contribution in [0.5, 0.6) is 0 Å². The first-order chi connectivity index (χ1) is 10.3. The summed E-state index contributed by atoms with van der Waals surface area (Å²) in [5, 5.41) is 12.0. The predicted molar refractivity (Wildman–Crippen MR) is 82.2 cm³/mol. The Kier molecular flexibility index (Phi) is 4.12. The van der Waals surface area contributed by atoms with E-state index in [4.69, 9.17) is 0 Å². The highest BCUT2D eigenvalue weighted by Crippen LogP contribution is 2.08. The molecule has 0 atom stereocenters. The molecular formula is C16H19N5. The maximum absolute atomic E-state index is 4.36. The standard InChI is InChI=1S/C16H19N5/c1-20-12-8-15(19-20)7-10-17-13-14-3-5-16(6-4-14)21-11-2-9-18-21/h2-6,8-9,11-12,17H,7,10,13H2,1H3. The van der Waals surface area contributed by atoms with E-state index in [-0.39, 0.29) is 0 Å². The van der Waals surface area contributed by atoms with Gasteiger partial charge in [-0.15, -0.1) is 0 Å². The van der Waals surface area contributed by atoms with Crippen LogP contribution in [0.1, 0.15) is 11.3 Å². The van der Waals surface area contributed by atoms with Crippen molar-refractivity contribution in [1.29, 1.82) is 0 Å². The molecule has 0 aliphatic rings. The lowest BCUT2D eigenvalue weighted by molar-refractivity contribution is 0.665. The van der Waals surface area contributed by atoms with Gasteiger partial charge in [0.15, 0.2) is 0 Å². The van der Waals surface area contributed by atoms with Crippen LogP contribution in [0, 0.1) is 0 Å². The zero-order valence-electron chi connectivity index (χ0n) is 12.1. The summed E-state index contributed by atoms with van der Waals surface area (Å²) < 4.78 is 3.70. The largest absolute Gasteiger partial charge is 0.312 e. The third-order valence-electron chi connectivity index (χ3n) is 3.36. The summed E-state index contributed by atoms with van der Waals surface area (Å²) in [4.78, 5) is 0. The lowest BCUT2D eigenvalue weighted by atomic mass is 10.2. The van der Waals surface area contributed by atoms with Gasteiger partial charge >= 0.3 is 0 Å². The first kappa shape index (κ1) is 13.6.